The van der Waals surface area contributed by atoms with Gasteiger partial charge in [-0.25, -0.2) is 0 Å². The highest BCUT2D eigenvalue weighted by Gasteiger charge is 2.41. The van der Waals surface area contributed by atoms with Gasteiger partial charge in [-0.2, -0.15) is 13.2 Å². The largest absolute Gasteiger partial charge is 0.468 e. The minimum atomic E-state index is -4.24. The maximum absolute atomic E-state index is 11.9. The molecule has 0 aromatic carbocycles. The standard InChI is InChI=1S/C7H10F3NO2/c1-13-6(12)5-2-3-11(5)4-7(8,9)10/h5H,2-4H2,1H3/t5-/m0/s1. The highest BCUT2D eigenvalue weighted by Crippen LogP contribution is 2.25. The van der Waals surface area contributed by atoms with Crippen molar-refractivity contribution in [1.29, 1.82) is 0 Å². The first-order chi connectivity index (χ1) is 5.94. The number of esters is 1. The molecule has 3 nitrogen and oxygen atoms in total. The Morgan fingerprint density at radius 3 is 2.54 bits per heavy atom. The number of nitrogens with zero attached hydrogens (tertiary/aromatic N) is 1. The highest BCUT2D eigenvalue weighted by atomic mass is 19.4. The molecule has 0 unspecified atom stereocenters. The summed E-state index contributed by atoms with van der Waals surface area (Å²) in [6, 6.07) is -0.702. The van der Waals surface area contributed by atoms with Crippen molar-refractivity contribution in [3.05, 3.63) is 0 Å². The lowest BCUT2D eigenvalue weighted by Crippen LogP contribution is -2.55. The van der Waals surface area contributed by atoms with Crippen LogP contribution in [0.3, 0.4) is 0 Å². The van der Waals surface area contributed by atoms with Gasteiger partial charge in [-0.1, -0.05) is 0 Å². The summed E-state index contributed by atoms with van der Waals surface area (Å²) < 4.78 is 40.0. The molecule has 0 saturated carbocycles. The number of likely N-dealkylation sites (tertiary alicyclic amines) is 1. The van der Waals surface area contributed by atoms with Gasteiger partial charge in [0.1, 0.15) is 6.04 Å². The summed E-state index contributed by atoms with van der Waals surface area (Å²) in [6.07, 6.45) is -3.80. The van der Waals surface area contributed by atoms with Crippen LogP contribution in [0.4, 0.5) is 13.2 Å². The molecule has 1 saturated heterocycles. The van der Waals surface area contributed by atoms with Crippen LogP contribution in [0.15, 0.2) is 0 Å². The predicted octanol–water partition coefficient (Wildman–Crippen LogP) is 0.796. The smallest absolute Gasteiger partial charge is 0.401 e. The van der Waals surface area contributed by atoms with E-state index in [1.54, 1.807) is 0 Å². The van der Waals surface area contributed by atoms with Crippen LogP contribution in [-0.2, 0) is 9.53 Å². The lowest BCUT2D eigenvalue weighted by molar-refractivity contribution is -0.175. The molecule has 0 aliphatic carbocycles. The summed E-state index contributed by atoms with van der Waals surface area (Å²) in [7, 11) is 1.17. The van der Waals surface area contributed by atoms with Crippen LogP contribution in [0, 0.1) is 0 Å². The average molecular weight is 197 g/mol. The Labute approximate surface area is 73.5 Å². The van der Waals surface area contributed by atoms with E-state index in [1.807, 2.05) is 0 Å². The van der Waals surface area contributed by atoms with Crippen LogP contribution in [0.2, 0.25) is 0 Å². The van der Waals surface area contributed by atoms with Gasteiger partial charge in [0.05, 0.1) is 13.7 Å². The molecule has 1 heterocycles. The van der Waals surface area contributed by atoms with Crippen molar-refractivity contribution in [3.63, 3.8) is 0 Å². The van der Waals surface area contributed by atoms with Gasteiger partial charge in [0.25, 0.3) is 0 Å². The van der Waals surface area contributed by atoms with Crippen molar-refractivity contribution < 1.29 is 22.7 Å². The van der Waals surface area contributed by atoms with Gasteiger partial charge in [0, 0.05) is 6.54 Å². The van der Waals surface area contributed by atoms with E-state index in [0.29, 0.717) is 13.0 Å². The highest BCUT2D eigenvalue weighted by molar-refractivity contribution is 5.76. The molecule has 0 bridgehead atoms. The van der Waals surface area contributed by atoms with Crippen LogP contribution in [0.1, 0.15) is 6.42 Å². The van der Waals surface area contributed by atoms with Gasteiger partial charge in [0.2, 0.25) is 0 Å². The number of ether oxygens (including phenoxy) is 1. The first-order valence-corrected chi connectivity index (χ1v) is 3.82. The molecule has 1 rings (SSSR count). The van der Waals surface area contributed by atoms with Crippen LogP contribution in [-0.4, -0.2) is 43.3 Å². The van der Waals surface area contributed by atoms with E-state index < -0.39 is 24.7 Å². The monoisotopic (exact) mass is 197 g/mol. The number of methoxy groups -OCH3 is 1. The van der Waals surface area contributed by atoms with Crippen LogP contribution >= 0.6 is 0 Å². The molecule has 0 spiro atoms. The lowest BCUT2D eigenvalue weighted by Gasteiger charge is -2.38. The molecule has 0 aromatic heterocycles. The Kier molecular flexibility index (Phi) is 2.80. The van der Waals surface area contributed by atoms with Crippen LogP contribution in [0.5, 0.6) is 0 Å². The van der Waals surface area contributed by atoms with Gasteiger partial charge in [-0.05, 0) is 6.42 Å². The van der Waals surface area contributed by atoms with E-state index in [1.165, 1.54) is 7.11 Å². The fourth-order valence-electron chi connectivity index (χ4n) is 1.26. The van der Waals surface area contributed by atoms with Crippen molar-refractivity contribution >= 4 is 5.97 Å². The number of hydrogen-bond acceptors (Lipinski definition) is 3. The molecule has 1 fully saturated rings. The van der Waals surface area contributed by atoms with E-state index in [9.17, 15) is 18.0 Å². The molecule has 0 amide bonds. The molecule has 0 aromatic rings. The Hall–Kier alpha value is -0.780. The number of rotatable bonds is 2. The summed E-state index contributed by atoms with van der Waals surface area (Å²) in [5.41, 5.74) is 0. The SMILES string of the molecule is COC(=O)[C@@H]1CCN1CC(F)(F)F. The van der Waals surface area contributed by atoms with Crippen molar-refractivity contribution in [3.8, 4) is 0 Å². The quantitative estimate of drug-likeness (QED) is 0.613. The summed E-state index contributed by atoms with van der Waals surface area (Å²) in [5.74, 6) is -0.587. The molecule has 1 atom stereocenters. The molecule has 13 heavy (non-hydrogen) atoms. The first-order valence-electron chi connectivity index (χ1n) is 3.82. The molecule has 1 aliphatic rings. The van der Waals surface area contributed by atoms with Crippen molar-refractivity contribution in [2.24, 2.45) is 0 Å². The minimum absolute atomic E-state index is 0.305. The van der Waals surface area contributed by atoms with E-state index in [-0.39, 0.29) is 0 Å². The maximum atomic E-state index is 11.9. The minimum Gasteiger partial charge on any atom is -0.468 e. The van der Waals surface area contributed by atoms with Gasteiger partial charge in [-0.15, -0.1) is 0 Å². The Bertz CT molecular complexity index is 204. The third-order valence-corrected chi connectivity index (χ3v) is 1.99. The zero-order valence-electron chi connectivity index (χ0n) is 7.10. The van der Waals surface area contributed by atoms with Gasteiger partial charge in [-0.3, -0.25) is 9.69 Å². The first kappa shape index (κ1) is 10.3. The van der Waals surface area contributed by atoms with Crippen molar-refractivity contribution in [2.45, 2.75) is 18.6 Å². The lowest BCUT2D eigenvalue weighted by atomic mass is 10.0. The second-order valence-electron chi connectivity index (χ2n) is 2.91. The molecule has 76 valence electrons. The Morgan fingerprint density at radius 2 is 2.23 bits per heavy atom. The van der Waals surface area contributed by atoms with E-state index in [2.05, 4.69) is 4.74 Å². The maximum Gasteiger partial charge on any atom is 0.401 e. The van der Waals surface area contributed by atoms with E-state index in [4.69, 9.17) is 0 Å². The molecular weight excluding hydrogens is 187 g/mol. The number of alkyl halides is 3. The number of carbonyl (C=O) groups excluding carboxylic acids is 1. The van der Waals surface area contributed by atoms with E-state index >= 15 is 0 Å². The zero-order chi connectivity index (χ0) is 10.1. The third-order valence-electron chi connectivity index (χ3n) is 1.99. The van der Waals surface area contributed by atoms with Gasteiger partial charge in [0.15, 0.2) is 0 Å². The molecule has 0 N–H and O–H groups in total. The fourth-order valence-corrected chi connectivity index (χ4v) is 1.26. The van der Waals surface area contributed by atoms with Crippen molar-refractivity contribution in [1.82, 2.24) is 4.90 Å². The summed E-state index contributed by atoms with van der Waals surface area (Å²) in [4.78, 5) is 11.9. The van der Waals surface area contributed by atoms with Crippen LogP contribution < -0.4 is 0 Å². The third kappa shape index (κ3) is 2.58. The zero-order valence-corrected chi connectivity index (χ0v) is 7.10. The van der Waals surface area contributed by atoms with Gasteiger partial charge < -0.3 is 4.74 Å². The molecule has 6 heteroatoms. The number of halogens is 3. The number of carbonyl (C=O) groups is 1. The Morgan fingerprint density at radius 1 is 1.62 bits per heavy atom. The second-order valence-corrected chi connectivity index (χ2v) is 2.91. The van der Waals surface area contributed by atoms with Crippen molar-refractivity contribution in [2.75, 3.05) is 20.2 Å². The normalized spacial score (nSPS) is 23.8. The van der Waals surface area contributed by atoms with E-state index in [0.717, 1.165) is 4.90 Å². The van der Waals surface area contributed by atoms with Gasteiger partial charge >= 0.3 is 12.1 Å². The fraction of sp³-hybridized carbons (Fsp3) is 0.857. The Balaban J connectivity index is 2.41. The summed E-state index contributed by atoms with van der Waals surface area (Å²) in [6.45, 7) is -0.730. The van der Waals surface area contributed by atoms with Crippen LogP contribution in [0.25, 0.3) is 0 Å². The average Bonchev–Trinajstić information content (AvgIpc) is 1.96. The second kappa shape index (κ2) is 3.53. The molecular formula is C7H10F3NO2. The topological polar surface area (TPSA) is 29.5 Å². The molecule has 0 radical (unpaired) electrons. The predicted molar refractivity (Wildman–Crippen MR) is 38.0 cm³/mol. The summed E-state index contributed by atoms with van der Waals surface area (Å²) >= 11 is 0. The molecule has 1 aliphatic heterocycles. The number of hydrogen-bond donors (Lipinski definition) is 0. The summed E-state index contributed by atoms with van der Waals surface area (Å²) in [5, 5.41) is 0.